The molecule has 0 aromatic heterocycles. The number of nitrogens with one attached hydrogen (secondary N) is 1. The highest BCUT2D eigenvalue weighted by atomic mass is 16.5. The van der Waals surface area contributed by atoms with E-state index < -0.39 is 6.10 Å². The number of β-amino-alcohol motifs (C(OH)–C–C–N with tert-alkyl or cyclic N) is 1. The van der Waals surface area contributed by atoms with Gasteiger partial charge in [-0.05, 0) is 31.2 Å². The van der Waals surface area contributed by atoms with Gasteiger partial charge in [0.25, 0.3) is 0 Å². The second-order valence-electron chi connectivity index (χ2n) is 8.07. The number of methoxy groups -OCH3 is 1. The maximum Gasteiger partial charge on any atom is 0.127 e. The van der Waals surface area contributed by atoms with Gasteiger partial charge in [0.05, 0.1) is 7.11 Å². The third kappa shape index (κ3) is 6.71. The van der Waals surface area contributed by atoms with Crippen molar-refractivity contribution < 1.29 is 14.6 Å². The van der Waals surface area contributed by atoms with Crippen LogP contribution in [0, 0.1) is 6.92 Å². The molecule has 2 aromatic carbocycles. The largest absolute Gasteiger partial charge is 0.497 e. The molecule has 0 amide bonds. The smallest absolute Gasteiger partial charge is 0.127 e. The first-order valence-electron chi connectivity index (χ1n) is 10.7. The van der Waals surface area contributed by atoms with Gasteiger partial charge in [0.15, 0.2) is 0 Å². The van der Waals surface area contributed by atoms with Gasteiger partial charge in [-0.15, -0.1) is 0 Å². The number of likely N-dealkylation sites (N-methyl/N-ethyl adjacent to an activating group) is 1. The molecule has 164 valence electrons. The third-order valence-electron chi connectivity index (χ3n) is 5.66. The molecule has 1 atom stereocenters. The minimum Gasteiger partial charge on any atom is -0.497 e. The highest BCUT2D eigenvalue weighted by molar-refractivity contribution is 5.41. The van der Waals surface area contributed by atoms with Crippen molar-refractivity contribution >= 4 is 0 Å². The molecule has 1 aliphatic rings. The topological polar surface area (TPSA) is 57.2 Å². The molecule has 6 heteroatoms. The molecule has 1 aliphatic heterocycles. The first-order chi connectivity index (χ1) is 14.5. The second-order valence-corrected chi connectivity index (χ2v) is 8.07. The van der Waals surface area contributed by atoms with Crippen molar-refractivity contribution in [1.29, 1.82) is 0 Å². The number of rotatable bonds is 10. The lowest BCUT2D eigenvalue weighted by Crippen LogP contribution is -2.47. The van der Waals surface area contributed by atoms with E-state index in [0.29, 0.717) is 13.1 Å². The summed E-state index contributed by atoms with van der Waals surface area (Å²) in [4.78, 5) is 4.61. The molecule has 1 saturated heterocycles. The Morgan fingerprint density at radius 3 is 2.50 bits per heavy atom. The van der Waals surface area contributed by atoms with Gasteiger partial charge in [-0.25, -0.2) is 0 Å². The predicted molar refractivity (Wildman–Crippen MR) is 120 cm³/mol. The number of benzene rings is 2. The molecule has 0 radical (unpaired) electrons. The van der Waals surface area contributed by atoms with Gasteiger partial charge in [-0.3, -0.25) is 4.90 Å². The van der Waals surface area contributed by atoms with E-state index in [4.69, 9.17) is 9.47 Å². The number of aliphatic hydroxyl groups excluding tert-OH is 1. The van der Waals surface area contributed by atoms with E-state index in [1.165, 1.54) is 11.1 Å². The molecule has 1 fully saturated rings. The molecule has 3 rings (SSSR count). The van der Waals surface area contributed by atoms with Crippen LogP contribution in [0.3, 0.4) is 0 Å². The average molecular weight is 414 g/mol. The van der Waals surface area contributed by atoms with E-state index in [1.807, 2.05) is 18.2 Å². The summed E-state index contributed by atoms with van der Waals surface area (Å²) < 4.78 is 11.4. The summed E-state index contributed by atoms with van der Waals surface area (Å²) in [5.74, 6) is 1.50. The molecular formula is C24H35N3O3. The molecule has 0 unspecified atom stereocenters. The maximum atomic E-state index is 10.5. The van der Waals surface area contributed by atoms with E-state index in [2.05, 4.69) is 53.4 Å². The number of piperazine rings is 1. The number of hydrogen-bond acceptors (Lipinski definition) is 6. The van der Waals surface area contributed by atoms with Crippen LogP contribution in [0.15, 0.2) is 42.5 Å². The fourth-order valence-corrected chi connectivity index (χ4v) is 3.65. The molecule has 6 nitrogen and oxygen atoms in total. The van der Waals surface area contributed by atoms with E-state index in [1.54, 1.807) is 7.11 Å². The third-order valence-corrected chi connectivity index (χ3v) is 5.66. The lowest BCUT2D eigenvalue weighted by atomic mass is 10.1. The Hall–Kier alpha value is -2.12. The fraction of sp³-hybridized carbons (Fsp3) is 0.500. The van der Waals surface area contributed by atoms with E-state index in [0.717, 1.165) is 49.8 Å². The Morgan fingerprint density at radius 2 is 1.77 bits per heavy atom. The van der Waals surface area contributed by atoms with E-state index in [9.17, 15) is 5.11 Å². The molecule has 30 heavy (non-hydrogen) atoms. The van der Waals surface area contributed by atoms with Crippen LogP contribution in [-0.2, 0) is 13.1 Å². The van der Waals surface area contributed by atoms with E-state index in [-0.39, 0.29) is 6.61 Å². The molecule has 0 bridgehead atoms. The Balaban J connectivity index is 1.54. The Morgan fingerprint density at radius 1 is 1.03 bits per heavy atom. The number of aryl methyl sites for hydroxylation is 1. The summed E-state index contributed by atoms with van der Waals surface area (Å²) in [5, 5.41) is 14.0. The van der Waals surface area contributed by atoms with Crippen LogP contribution in [0.2, 0.25) is 0 Å². The molecule has 2 N–H and O–H groups in total. The minimum atomic E-state index is -0.521. The predicted octanol–water partition coefficient (Wildman–Crippen LogP) is 2.28. The van der Waals surface area contributed by atoms with Crippen LogP contribution in [-0.4, -0.2) is 74.5 Å². The molecule has 1 heterocycles. The summed E-state index contributed by atoms with van der Waals surface area (Å²) in [6, 6.07) is 14.2. The zero-order chi connectivity index (χ0) is 21.3. The summed E-state index contributed by atoms with van der Waals surface area (Å²) >= 11 is 0. The summed E-state index contributed by atoms with van der Waals surface area (Å²) in [6.45, 7) is 8.57. The normalized spacial score (nSPS) is 16.4. The fourth-order valence-electron chi connectivity index (χ4n) is 3.65. The molecule has 2 aromatic rings. The molecule has 0 spiro atoms. The van der Waals surface area contributed by atoms with Gasteiger partial charge >= 0.3 is 0 Å². The Kier molecular flexibility index (Phi) is 8.51. The van der Waals surface area contributed by atoms with Gasteiger partial charge in [0, 0.05) is 57.4 Å². The van der Waals surface area contributed by atoms with Crippen molar-refractivity contribution in [3.8, 4) is 11.5 Å². The average Bonchev–Trinajstić information content (AvgIpc) is 2.76. The monoisotopic (exact) mass is 413 g/mol. The van der Waals surface area contributed by atoms with Gasteiger partial charge < -0.3 is 24.8 Å². The Bertz CT molecular complexity index is 791. The lowest BCUT2D eigenvalue weighted by molar-refractivity contribution is 0.0501. The van der Waals surface area contributed by atoms with Crippen molar-refractivity contribution in [2.24, 2.45) is 0 Å². The molecule has 0 saturated carbocycles. The SMILES string of the molecule is COc1ccc(CNCc2ccccc2C)c(OC[C@@H](O)CN2CCN(C)CC2)c1. The van der Waals surface area contributed by atoms with Crippen molar-refractivity contribution in [1.82, 2.24) is 15.1 Å². The van der Waals surface area contributed by atoms with Gasteiger partial charge in [-0.1, -0.05) is 30.3 Å². The summed E-state index contributed by atoms with van der Waals surface area (Å²) in [6.07, 6.45) is -0.521. The highest BCUT2D eigenvalue weighted by Crippen LogP contribution is 2.25. The first kappa shape index (κ1) is 22.6. The summed E-state index contributed by atoms with van der Waals surface area (Å²) in [5.41, 5.74) is 3.62. The van der Waals surface area contributed by atoms with Crippen LogP contribution in [0.5, 0.6) is 11.5 Å². The first-order valence-corrected chi connectivity index (χ1v) is 10.7. The lowest BCUT2D eigenvalue weighted by Gasteiger charge is -2.33. The van der Waals surface area contributed by atoms with E-state index >= 15 is 0 Å². The van der Waals surface area contributed by atoms with Crippen molar-refractivity contribution in [3.63, 3.8) is 0 Å². The summed E-state index contributed by atoms with van der Waals surface area (Å²) in [7, 11) is 3.78. The van der Waals surface area contributed by atoms with Gasteiger partial charge in [0.1, 0.15) is 24.2 Å². The van der Waals surface area contributed by atoms with Crippen LogP contribution in [0.25, 0.3) is 0 Å². The standard InChI is InChI=1S/C24H35N3O3/c1-19-6-4-5-7-20(19)15-25-16-21-8-9-23(29-3)14-24(21)30-18-22(28)17-27-12-10-26(2)11-13-27/h4-9,14,22,25,28H,10-13,15-18H2,1-3H3/t22-/m0/s1. The number of aliphatic hydroxyl groups is 1. The number of hydrogen-bond donors (Lipinski definition) is 2. The van der Waals surface area contributed by atoms with Crippen molar-refractivity contribution in [3.05, 3.63) is 59.2 Å². The van der Waals surface area contributed by atoms with Crippen LogP contribution in [0.4, 0.5) is 0 Å². The van der Waals surface area contributed by atoms with Gasteiger partial charge in [0.2, 0.25) is 0 Å². The van der Waals surface area contributed by atoms with Crippen molar-refractivity contribution in [2.45, 2.75) is 26.1 Å². The van der Waals surface area contributed by atoms with Crippen LogP contribution < -0.4 is 14.8 Å². The highest BCUT2D eigenvalue weighted by Gasteiger charge is 2.18. The zero-order valence-electron chi connectivity index (χ0n) is 18.4. The number of ether oxygens (including phenoxy) is 2. The maximum absolute atomic E-state index is 10.5. The Labute approximate surface area is 180 Å². The molecule has 0 aliphatic carbocycles. The number of nitrogens with zero attached hydrogens (tertiary/aromatic N) is 2. The van der Waals surface area contributed by atoms with Crippen molar-refractivity contribution in [2.75, 3.05) is 53.5 Å². The van der Waals surface area contributed by atoms with Gasteiger partial charge in [-0.2, -0.15) is 0 Å². The van der Waals surface area contributed by atoms with Crippen LogP contribution in [0.1, 0.15) is 16.7 Å². The minimum absolute atomic E-state index is 0.268. The second kappa shape index (κ2) is 11.3. The molecular weight excluding hydrogens is 378 g/mol. The zero-order valence-corrected chi connectivity index (χ0v) is 18.4. The quantitative estimate of drug-likeness (QED) is 0.623. The van der Waals surface area contributed by atoms with Crippen LogP contribution >= 0.6 is 0 Å².